The van der Waals surface area contributed by atoms with Crippen molar-refractivity contribution in [3.05, 3.63) is 59.4 Å². The molecule has 0 saturated heterocycles. The molecular weight excluding hydrogens is 380 g/mol. The summed E-state index contributed by atoms with van der Waals surface area (Å²) < 4.78 is 55.1. The van der Waals surface area contributed by atoms with Crippen LogP contribution in [0.15, 0.2) is 46.9 Å². The van der Waals surface area contributed by atoms with Gasteiger partial charge in [-0.25, -0.2) is 17.6 Å². The molecule has 0 saturated carbocycles. The smallest absolute Gasteiger partial charge is 0.278 e. The Morgan fingerprint density at radius 2 is 1.96 bits per heavy atom. The van der Waals surface area contributed by atoms with E-state index in [-0.39, 0.29) is 18.7 Å². The Kier molecular flexibility index (Phi) is 5.69. The van der Waals surface area contributed by atoms with E-state index in [1.807, 2.05) is 6.26 Å². The molecule has 0 aliphatic carbocycles. The topological polar surface area (TPSA) is 40.9 Å². The Bertz CT molecular complexity index is 943. The van der Waals surface area contributed by atoms with E-state index < -0.39 is 28.7 Å². The number of alkyl halides is 2. The fourth-order valence-electron chi connectivity index (χ4n) is 2.58. The Balaban J connectivity index is 1.80. The number of halogens is 4. The maximum absolute atomic E-state index is 14.6. The molecule has 2 aromatic rings. The van der Waals surface area contributed by atoms with Gasteiger partial charge in [0.05, 0.1) is 30.3 Å². The number of aromatic nitrogens is 1. The van der Waals surface area contributed by atoms with E-state index >= 15 is 0 Å². The van der Waals surface area contributed by atoms with Crippen molar-refractivity contribution in [3.8, 4) is 0 Å². The van der Waals surface area contributed by atoms with Gasteiger partial charge in [-0.15, -0.1) is 10.7 Å². The highest BCUT2D eigenvalue weighted by Crippen LogP contribution is 2.28. The molecule has 1 aliphatic heterocycles. The van der Waals surface area contributed by atoms with E-state index in [9.17, 15) is 17.6 Å². The molecule has 142 valence electrons. The van der Waals surface area contributed by atoms with Crippen LogP contribution in [0.25, 0.3) is 0 Å². The normalized spacial score (nSPS) is 14.9. The molecule has 3 rings (SSSR count). The Morgan fingerprint density at radius 3 is 2.56 bits per heavy atom. The van der Waals surface area contributed by atoms with Crippen LogP contribution in [-0.2, 0) is 6.54 Å². The third-order valence-electron chi connectivity index (χ3n) is 3.95. The van der Waals surface area contributed by atoms with Crippen LogP contribution >= 0.6 is 10.7 Å². The average Bonchev–Trinajstić information content (AvgIpc) is 3.10. The minimum Gasteiger partial charge on any atom is -0.317 e. The van der Waals surface area contributed by atoms with Crippen LogP contribution in [0.3, 0.4) is 0 Å². The lowest BCUT2D eigenvalue weighted by Crippen LogP contribution is -2.17. The molecular formula is C18H16F4N4S. The first-order valence-electron chi connectivity index (χ1n) is 7.89. The second-order valence-electron chi connectivity index (χ2n) is 5.92. The van der Waals surface area contributed by atoms with Crippen LogP contribution in [-0.4, -0.2) is 35.0 Å². The number of nitrogens with zero attached hydrogens (tertiary/aromatic N) is 4. The highest BCUT2D eigenvalue weighted by Gasteiger charge is 2.22. The van der Waals surface area contributed by atoms with E-state index in [1.165, 1.54) is 18.3 Å². The highest BCUT2D eigenvalue weighted by molar-refractivity contribution is 8.14. The van der Waals surface area contributed by atoms with Crippen LogP contribution in [0.2, 0.25) is 0 Å². The van der Waals surface area contributed by atoms with Crippen molar-refractivity contribution >= 4 is 33.7 Å². The first-order chi connectivity index (χ1) is 12.8. The monoisotopic (exact) mass is 396 g/mol. The van der Waals surface area contributed by atoms with Crippen molar-refractivity contribution in [1.82, 2.24) is 4.98 Å². The number of benzene rings is 1. The van der Waals surface area contributed by atoms with Crippen LogP contribution in [0, 0.1) is 11.6 Å². The van der Waals surface area contributed by atoms with E-state index in [4.69, 9.17) is 0 Å². The molecule has 2 heterocycles. The van der Waals surface area contributed by atoms with Gasteiger partial charge in [0.1, 0.15) is 17.3 Å². The molecule has 0 amide bonds. The summed E-state index contributed by atoms with van der Waals surface area (Å²) in [7, 11) is -0.554. The van der Waals surface area contributed by atoms with Gasteiger partial charge in [-0.3, -0.25) is 4.98 Å². The summed E-state index contributed by atoms with van der Waals surface area (Å²) in [4.78, 5) is 3.82. The summed E-state index contributed by atoms with van der Waals surface area (Å²) in [6.45, 7) is 0.158. The zero-order chi connectivity index (χ0) is 19.6. The van der Waals surface area contributed by atoms with Crippen molar-refractivity contribution in [3.63, 3.8) is 0 Å². The molecule has 1 unspecified atom stereocenters. The Labute approximate surface area is 156 Å². The molecule has 4 nitrogen and oxygen atoms in total. The molecule has 1 aromatic heterocycles. The summed E-state index contributed by atoms with van der Waals surface area (Å²) in [5.41, 5.74) is 1.23. The molecule has 1 aromatic carbocycles. The summed E-state index contributed by atoms with van der Waals surface area (Å²) in [5.74, 6) is 2.95. The van der Waals surface area contributed by atoms with Gasteiger partial charge in [0.25, 0.3) is 6.43 Å². The van der Waals surface area contributed by atoms with E-state index in [0.717, 1.165) is 6.20 Å². The Hall–Kier alpha value is -2.55. The van der Waals surface area contributed by atoms with Crippen LogP contribution in [0.5, 0.6) is 0 Å². The first kappa shape index (κ1) is 19.2. The molecule has 0 bridgehead atoms. The van der Waals surface area contributed by atoms with Gasteiger partial charge in [-0.1, -0.05) is 18.0 Å². The molecule has 0 radical (unpaired) electrons. The lowest BCUT2D eigenvalue weighted by atomic mass is 10.0. The third kappa shape index (κ3) is 4.41. The van der Waals surface area contributed by atoms with E-state index in [1.54, 1.807) is 16.4 Å². The number of anilines is 1. The maximum atomic E-state index is 14.6. The SMILES string of the molecule is C=S(C)N(Cc1ccc(C2=NN=C(C(F)F)C2)cc1F)c1cncc(F)c1. The van der Waals surface area contributed by atoms with Gasteiger partial charge in [0.2, 0.25) is 0 Å². The summed E-state index contributed by atoms with van der Waals surface area (Å²) in [6, 6.07) is 5.72. The molecule has 9 heteroatoms. The molecule has 1 atom stereocenters. The van der Waals surface area contributed by atoms with Gasteiger partial charge >= 0.3 is 0 Å². The van der Waals surface area contributed by atoms with E-state index in [2.05, 4.69) is 21.1 Å². The predicted molar refractivity (Wildman–Crippen MR) is 102 cm³/mol. The van der Waals surface area contributed by atoms with Crippen LogP contribution < -0.4 is 4.31 Å². The van der Waals surface area contributed by atoms with Crippen molar-refractivity contribution in [1.29, 1.82) is 0 Å². The van der Waals surface area contributed by atoms with Crippen LogP contribution in [0.1, 0.15) is 17.5 Å². The Morgan fingerprint density at radius 1 is 1.19 bits per heavy atom. The maximum Gasteiger partial charge on any atom is 0.278 e. The lowest BCUT2D eigenvalue weighted by Gasteiger charge is -2.25. The molecule has 0 spiro atoms. The lowest BCUT2D eigenvalue weighted by molar-refractivity contribution is 0.224. The van der Waals surface area contributed by atoms with Gasteiger partial charge in [-0.05, 0) is 12.3 Å². The minimum absolute atomic E-state index is 0.102. The van der Waals surface area contributed by atoms with Crippen molar-refractivity contribution in [2.75, 3.05) is 10.6 Å². The first-order valence-corrected chi connectivity index (χ1v) is 9.65. The zero-order valence-electron chi connectivity index (χ0n) is 14.4. The molecule has 0 fully saturated rings. The van der Waals surface area contributed by atoms with Crippen molar-refractivity contribution < 1.29 is 17.6 Å². The van der Waals surface area contributed by atoms with E-state index in [0.29, 0.717) is 22.5 Å². The largest absolute Gasteiger partial charge is 0.317 e. The average molecular weight is 396 g/mol. The van der Waals surface area contributed by atoms with Crippen LogP contribution in [0.4, 0.5) is 23.2 Å². The van der Waals surface area contributed by atoms with Gasteiger partial charge in [-0.2, -0.15) is 10.2 Å². The highest BCUT2D eigenvalue weighted by atomic mass is 32.2. The summed E-state index contributed by atoms with van der Waals surface area (Å²) in [6.07, 6.45) is 1.62. The summed E-state index contributed by atoms with van der Waals surface area (Å²) >= 11 is 0. The quantitative estimate of drug-likeness (QED) is 0.536. The molecule has 1 aliphatic rings. The number of pyridine rings is 1. The second-order valence-corrected chi connectivity index (χ2v) is 7.56. The summed E-state index contributed by atoms with van der Waals surface area (Å²) in [5, 5.41) is 7.15. The standard InChI is InChI=1S/C18H16F4N4S/c1-27(2)26(14-6-13(19)8-23-9-14)10-12-4-3-11(5-15(12)20)16-7-17(18(21)22)25-24-16/h3-6,8-9,18H,1,7,10H2,2H3. The molecule has 0 N–H and O–H groups in total. The van der Waals surface area contributed by atoms with Gasteiger partial charge in [0, 0.05) is 23.6 Å². The fourth-order valence-corrected chi connectivity index (χ4v) is 3.39. The van der Waals surface area contributed by atoms with Gasteiger partial charge < -0.3 is 4.31 Å². The predicted octanol–water partition coefficient (Wildman–Crippen LogP) is 4.43. The van der Waals surface area contributed by atoms with Crippen molar-refractivity contribution in [2.45, 2.75) is 19.4 Å². The third-order valence-corrected chi connectivity index (χ3v) is 5.05. The number of hydrogen-bond donors (Lipinski definition) is 0. The number of hydrogen-bond acceptors (Lipinski definition) is 4. The zero-order valence-corrected chi connectivity index (χ0v) is 15.2. The minimum atomic E-state index is -2.68. The molecule has 27 heavy (non-hydrogen) atoms. The van der Waals surface area contributed by atoms with Gasteiger partial charge in [0.15, 0.2) is 0 Å². The second kappa shape index (κ2) is 7.99. The fraction of sp³-hybridized carbons (Fsp3) is 0.222. The number of rotatable bonds is 6. The van der Waals surface area contributed by atoms with Crippen molar-refractivity contribution in [2.24, 2.45) is 10.2 Å².